The molecule has 0 spiro atoms. The number of carbonyl (C=O) groups is 1. The molecule has 1 aliphatic rings. The zero-order valence-corrected chi connectivity index (χ0v) is 10.3. The van der Waals surface area contributed by atoms with Gasteiger partial charge in [-0.15, -0.1) is 0 Å². The summed E-state index contributed by atoms with van der Waals surface area (Å²) in [6.45, 7) is 0. The van der Waals surface area contributed by atoms with Crippen LogP contribution >= 0.6 is 0 Å². The lowest BCUT2D eigenvalue weighted by Gasteiger charge is -2.02. The monoisotopic (exact) mass is 260 g/mol. The first-order chi connectivity index (χ1) is 9.26. The van der Waals surface area contributed by atoms with Gasteiger partial charge in [-0.25, -0.2) is 9.97 Å². The number of rotatable bonds is 4. The predicted octanol–water partition coefficient (Wildman–Crippen LogP) is 1.60. The van der Waals surface area contributed by atoms with Gasteiger partial charge in [-0.2, -0.15) is 0 Å². The largest absolute Gasteiger partial charge is 0.467 e. The van der Waals surface area contributed by atoms with E-state index >= 15 is 0 Å². The number of methoxy groups -OCH3 is 1. The molecule has 7 nitrogen and oxygen atoms in total. The van der Waals surface area contributed by atoms with E-state index in [4.69, 9.17) is 9.26 Å². The molecular weight excluding hydrogens is 248 g/mol. The Morgan fingerprint density at radius 2 is 2.16 bits per heavy atom. The Bertz CT molecular complexity index is 589. The number of hydrogen-bond acceptors (Lipinski definition) is 6. The molecule has 7 heteroatoms. The summed E-state index contributed by atoms with van der Waals surface area (Å²) < 4.78 is 9.95. The molecular formula is C12H12N4O3. The minimum atomic E-state index is -0.343. The van der Waals surface area contributed by atoms with E-state index in [1.807, 2.05) is 0 Å². The predicted molar refractivity (Wildman–Crippen MR) is 65.0 cm³/mol. The summed E-state index contributed by atoms with van der Waals surface area (Å²) in [4.78, 5) is 19.7. The van der Waals surface area contributed by atoms with Crippen LogP contribution in [0.2, 0.25) is 0 Å². The Balaban J connectivity index is 1.68. The standard InChI is InChI=1S/C12H12N4O3/c1-18-12-13-5-8(6-14-12)15-11(17)9-4-10(19-16-9)7-2-3-7/h4-7H,2-3H2,1H3,(H,15,17). The van der Waals surface area contributed by atoms with E-state index in [0.717, 1.165) is 18.6 Å². The Morgan fingerprint density at radius 3 is 2.79 bits per heavy atom. The average Bonchev–Trinajstić information content (AvgIpc) is 3.17. The smallest absolute Gasteiger partial charge is 0.316 e. The van der Waals surface area contributed by atoms with Crippen molar-refractivity contribution < 1.29 is 14.1 Å². The zero-order valence-electron chi connectivity index (χ0n) is 10.3. The molecule has 1 N–H and O–H groups in total. The summed E-state index contributed by atoms with van der Waals surface area (Å²) >= 11 is 0. The zero-order chi connectivity index (χ0) is 13.2. The van der Waals surface area contributed by atoms with E-state index in [2.05, 4.69) is 20.4 Å². The van der Waals surface area contributed by atoms with Crippen LogP contribution in [0.1, 0.15) is 35.0 Å². The average molecular weight is 260 g/mol. The highest BCUT2D eigenvalue weighted by Gasteiger charge is 2.28. The van der Waals surface area contributed by atoms with Crippen LogP contribution in [0, 0.1) is 0 Å². The molecule has 0 atom stereocenters. The van der Waals surface area contributed by atoms with Crippen LogP contribution in [0.3, 0.4) is 0 Å². The van der Waals surface area contributed by atoms with Crippen molar-refractivity contribution >= 4 is 11.6 Å². The molecule has 0 aliphatic heterocycles. The lowest BCUT2D eigenvalue weighted by Crippen LogP contribution is -2.12. The van der Waals surface area contributed by atoms with Crippen molar-refractivity contribution in [2.24, 2.45) is 0 Å². The van der Waals surface area contributed by atoms with Gasteiger partial charge < -0.3 is 14.6 Å². The van der Waals surface area contributed by atoms with Gasteiger partial charge >= 0.3 is 6.01 Å². The van der Waals surface area contributed by atoms with E-state index in [9.17, 15) is 4.79 Å². The van der Waals surface area contributed by atoms with Gasteiger partial charge in [0, 0.05) is 12.0 Å². The second-order valence-corrected chi connectivity index (χ2v) is 4.30. The van der Waals surface area contributed by atoms with Crippen molar-refractivity contribution in [3.05, 3.63) is 29.9 Å². The molecule has 2 aromatic rings. The first-order valence-electron chi connectivity index (χ1n) is 5.90. The van der Waals surface area contributed by atoms with Crippen molar-refractivity contribution in [2.75, 3.05) is 12.4 Å². The molecule has 1 aliphatic carbocycles. The number of aromatic nitrogens is 3. The topological polar surface area (TPSA) is 90.1 Å². The Hall–Kier alpha value is -2.44. The molecule has 0 radical (unpaired) electrons. The number of amides is 1. The van der Waals surface area contributed by atoms with E-state index in [0.29, 0.717) is 11.6 Å². The van der Waals surface area contributed by atoms with Crippen molar-refractivity contribution in [2.45, 2.75) is 18.8 Å². The van der Waals surface area contributed by atoms with E-state index in [-0.39, 0.29) is 17.6 Å². The van der Waals surface area contributed by atoms with Crippen molar-refractivity contribution in [3.8, 4) is 6.01 Å². The molecule has 19 heavy (non-hydrogen) atoms. The second kappa shape index (κ2) is 4.68. The summed E-state index contributed by atoms with van der Waals surface area (Å²) in [5.41, 5.74) is 0.736. The number of nitrogens with one attached hydrogen (secondary N) is 1. The first kappa shape index (κ1) is 11.6. The lowest BCUT2D eigenvalue weighted by atomic mass is 10.3. The molecule has 0 unspecified atom stereocenters. The van der Waals surface area contributed by atoms with Crippen LogP contribution in [0.4, 0.5) is 5.69 Å². The van der Waals surface area contributed by atoms with Gasteiger partial charge in [-0.3, -0.25) is 4.79 Å². The highest BCUT2D eigenvalue weighted by Crippen LogP contribution is 2.40. The third-order valence-corrected chi connectivity index (χ3v) is 2.81. The molecule has 0 bridgehead atoms. The summed E-state index contributed by atoms with van der Waals surface area (Å²) in [5.74, 6) is 0.860. The maximum absolute atomic E-state index is 11.9. The SMILES string of the molecule is COc1ncc(NC(=O)c2cc(C3CC3)on2)cn1. The number of anilines is 1. The van der Waals surface area contributed by atoms with Crippen LogP contribution in [0.15, 0.2) is 23.0 Å². The summed E-state index contributed by atoms with van der Waals surface area (Å²) in [6, 6.07) is 1.92. The maximum Gasteiger partial charge on any atom is 0.316 e. The fourth-order valence-corrected chi connectivity index (χ4v) is 1.64. The molecule has 2 heterocycles. The summed E-state index contributed by atoms with van der Waals surface area (Å²) in [6.07, 6.45) is 5.13. The molecule has 3 rings (SSSR count). The van der Waals surface area contributed by atoms with Crippen molar-refractivity contribution in [1.29, 1.82) is 0 Å². The van der Waals surface area contributed by atoms with Crippen LogP contribution in [0.5, 0.6) is 6.01 Å². The van der Waals surface area contributed by atoms with Crippen LogP contribution in [-0.2, 0) is 0 Å². The normalized spacial score (nSPS) is 14.2. The van der Waals surface area contributed by atoms with E-state index < -0.39 is 0 Å². The Kier molecular flexibility index (Phi) is 2.86. The molecule has 0 aromatic carbocycles. The fourth-order valence-electron chi connectivity index (χ4n) is 1.64. The minimum absolute atomic E-state index is 0.246. The van der Waals surface area contributed by atoms with Gasteiger partial charge in [0.15, 0.2) is 5.69 Å². The van der Waals surface area contributed by atoms with Crippen LogP contribution in [0.25, 0.3) is 0 Å². The molecule has 2 aromatic heterocycles. The molecule has 1 saturated carbocycles. The molecule has 1 amide bonds. The van der Waals surface area contributed by atoms with Gasteiger partial charge in [-0.05, 0) is 12.8 Å². The Morgan fingerprint density at radius 1 is 1.42 bits per heavy atom. The Labute approximate surface area is 109 Å². The van der Waals surface area contributed by atoms with Crippen molar-refractivity contribution in [3.63, 3.8) is 0 Å². The third-order valence-electron chi connectivity index (χ3n) is 2.81. The molecule has 0 saturated heterocycles. The van der Waals surface area contributed by atoms with Gasteiger partial charge in [0.2, 0.25) is 0 Å². The number of ether oxygens (including phenoxy) is 1. The van der Waals surface area contributed by atoms with Gasteiger partial charge in [0.25, 0.3) is 5.91 Å². The third kappa shape index (κ3) is 2.54. The summed E-state index contributed by atoms with van der Waals surface area (Å²) in [7, 11) is 1.47. The van der Waals surface area contributed by atoms with Gasteiger partial charge in [0.05, 0.1) is 25.2 Å². The molecule has 98 valence electrons. The highest BCUT2D eigenvalue weighted by molar-refractivity contribution is 6.02. The van der Waals surface area contributed by atoms with Gasteiger partial charge in [-0.1, -0.05) is 5.16 Å². The van der Waals surface area contributed by atoms with Gasteiger partial charge in [0.1, 0.15) is 5.76 Å². The summed E-state index contributed by atoms with van der Waals surface area (Å²) in [5, 5.41) is 6.39. The highest BCUT2D eigenvalue weighted by atomic mass is 16.5. The fraction of sp³-hybridized carbons (Fsp3) is 0.333. The quantitative estimate of drug-likeness (QED) is 0.898. The second-order valence-electron chi connectivity index (χ2n) is 4.30. The number of hydrogen-bond donors (Lipinski definition) is 1. The minimum Gasteiger partial charge on any atom is -0.467 e. The molecule has 1 fully saturated rings. The van der Waals surface area contributed by atoms with Crippen LogP contribution in [-0.4, -0.2) is 28.1 Å². The van der Waals surface area contributed by atoms with E-state index in [1.165, 1.54) is 19.5 Å². The van der Waals surface area contributed by atoms with E-state index in [1.54, 1.807) is 6.07 Å². The van der Waals surface area contributed by atoms with Crippen molar-refractivity contribution in [1.82, 2.24) is 15.1 Å². The first-order valence-corrected chi connectivity index (χ1v) is 5.90. The maximum atomic E-state index is 11.9. The van der Waals surface area contributed by atoms with Crippen LogP contribution < -0.4 is 10.1 Å². The lowest BCUT2D eigenvalue weighted by molar-refractivity contribution is 0.101. The number of nitrogens with zero attached hydrogens (tertiary/aromatic N) is 3. The number of carbonyl (C=O) groups excluding carboxylic acids is 1.